The lowest BCUT2D eigenvalue weighted by atomic mass is 10.0. The number of nitrogens with one attached hydrogen (secondary N) is 1. The summed E-state index contributed by atoms with van der Waals surface area (Å²) < 4.78 is 5.54. The molecular formula is C20H24N4O3S. The summed E-state index contributed by atoms with van der Waals surface area (Å²) in [6.07, 6.45) is 4.45. The van der Waals surface area contributed by atoms with E-state index >= 15 is 0 Å². The van der Waals surface area contributed by atoms with Gasteiger partial charge in [-0.1, -0.05) is 18.7 Å². The molecule has 0 saturated heterocycles. The smallest absolute Gasteiger partial charge is 0.224 e. The van der Waals surface area contributed by atoms with Gasteiger partial charge in [0.25, 0.3) is 0 Å². The van der Waals surface area contributed by atoms with Gasteiger partial charge in [0.1, 0.15) is 5.75 Å². The highest BCUT2D eigenvalue weighted by Crippen LogP contribution is 2.27. The highest BCUT2D eigenvalue weighted by atomic mass is 32.2. The van der Waals surface area contributed by atoms with Gasteiger partial charge in [-0.3, -0.25) is 9.59 Å². The first-order valence-corrected chi connectivity index (χ1v) is 10.5. The van der Waals surface area contributed by atoms with Gasteiger partial charge >= 0.3 is 0 Å². The third kappa shape index (κ3) is 5.07. The van der Waals surface area contributed by atoms with Crippen molar-refractivity contribution < 1.29 is 14.3 Å². The monoisotopic (exact) mass is 400 g/mol. The Bertz CT molecular complexity index is 873. The third-order valence-corrected chi connectivity index (χ3v) is 5.26. The van der Waals surface area contributed by atoms with Crippen LogP contribution in [0, 0.1) is 0 Å². The maximum Gasteiger partial charge on any atom is 0.224 e. The molecule has 1 aromatic heterocycles. The van der Waals surface area contributed by atoms with Crippen LogP contribution in [0.2, 0.25) is 0 Å². The average molecular weight is 401 g/mol. The number of amides is 1. The van der Waals surface area contributed by atoms with Crippen LogP contribution < -0.4 is 10.1 Å². The fourth-order valence-electron chi connectivity index (χ4n) is 2.94. The van der Waals surface area contributed by atoms with Crippen LogP contribution in [0.15, 0.2) is 23.4 Å². The number of fused-ring (bicyclic) bond motifs is 1. The molecule has 0 bridgehead atoms. The topological polar surface area (TPSA) is 94.1 Å². The van der Waals surface area contributed by atoms with Crippen LogP contribution in [0.5, 0.6) is 5.75 Å². The van der Waals surface area contributed by atoms with Gasteiger partial charge in [-0.2, -0.15) is 5.10 Å². The van der Waals surface area contributed by atoms with Gasteiger partial charge in [0, 0.05) is 12.0 Å². The second-order valence-electron chi connectivity index (χ2n) is 6.45. The second kappa shape index (κ2) is 9.64. The van der Waals surface area contributed by atoms with Gasteiger partial charge in [0.15, 0.2) is 5.78 Å². The van der Waals surface area contributed by atoms with Crippen LogP contribution in [0.25, 0.3) is 0 Å². The van der Waals surface area contributed by atoms with E-state index in [1.807, 2.05) is 6.92 Å². The van der Waals surface area contributed by atoms with Crippen LogP contribution in [-0.2, 0) is 17.6 Å². The second-order valence-corrected chi connectivity index (χ2v) is 7.39. The van der Waals surface area contributed by atoms with E-state index in [0.29, 0.717) is 35.2 Å². The first kappa shape index (κ1) is 20.3. The number of hydrogen-bond donors (Lipinski definition) is 1. The van der Waals surface area contributed by atoms with E-state index in [2.05, 4.69) is 20.5 Å². The molecule has 0 saturated carbocycles. The van der Waals surface area contributed by atoms with E-state index in [0.717, 1.165) is 37.1 Å². The summed E-state index contributed by atoms with van der Waals surface area (Å²) in [7, 11) is 0. The zero-order valence-corrected chi connectivity index (χ0v) is 17.0. The molecule has 0 atom stereocenters. The SMILES string of the molecule is CCOc1ccc(C(=O)CSc2nnc3c(n2)CCCC3)cc1NC(=O)CC. The summed E-state index contributed by atoms with van der Waals surface area (Å²) in [5, 5.41) is 11.7. The van der Waals surface area contributed by atoms with Gasteiger partial charge < -0.3 is 10.1 Å². The molecule has 1 aromatic carbocycles. The molecule has 1 heterocycles. The third-order valence-electron chi connectivity index (χ3n) is 4.43. The normalized spacial score (nSPS) is 12.9. The summed E-state index contributed by atoms with van der Waals surface area (Å²) in [5.41, 5.74) is 3.00. The molecule has 0 unspecified atom stereocenters. The summed E-state index contributed by atoms with van der Waals surface area (Å²) >= 11 is 1.28. The molecule has 1 aliphatic carbocycles. The lowest BCUT2D eigenvalue weighted by Gasteiger charge is -2.13. The lowest BCUT2D eigenvalue weighted by Crippen LogP contribution is -2.13. The molecule has 1 aliphatic rings. The zero-order valence-electron chi connectivity index (χ0n) is 16.2. The molecule has 1 N–H and O–H groups in total. The van der Waals surface area contributed by atoms with Crippen LogP contribution in [0.3, 0.4) is 0 Å². The quantitative estimate of drug-likeness (QED) is 0.535. The average Bonchev–Trinajstić information content (AvgIpc) is 2.73. The largest absolute Gasteiger partial charge is 0.492 e. The molecule has 7 nitrogen and oxygen atoms in total. The number of rotatable bonds is 8. The number of benzene rings is 1. The van der Waals surface area contributed by atoms with Crippen molar-refractivity contribution in [2.75, 3.05) is 17.7 Å². The Balaban J connectivity index is 1.69. The Labute approximate surface area is 168 Å². The number of hydrogen-bond acceptors (Lipinski definition) is 7. The van der Waals surface area contributed by atoms with Crippen LogP contribution >= 0.6 is 11.8 Å². The number of carbonyl (C=O) groups is 2. The van der Waals surface area contributed by atoms with Crippen molar-refractivity contribution in [3.63, 3.8) is 0 Å². The molecule has 28 heavy (non-hydrogen) atoms. The molecule has 0 spiro atoms. The number of carbonyl (C=O) groups excluding carboxylic acids is 2. The van der Waals surface area contributed by atoms with Crippen molar-refractivity contribution in [1.29, 1.82) is 0 Å². The number of aromatic nitrogens is 3. The van der Waals surface area contributed by atoms with Crippen LogP contribution in [0.1, 0.15) is 54.9 Å². The molecule has 0 radical (unpaired) electrons. The Morgan fingerprint density at radius 1 is 1.14 bits per heavy atom. The fourth-order valence-corrected chi connectivity index (χ4v) is 3.64. The minimum Gasteiger partial charge on any atom is -0.492 e. The van der Waals surface area contributed by atoms with Crippen molar-refractivity contribution in [2.45, 2.75) is 51.1 Å². The predicted octanol–water partition coefficient (Wildman–Crippen LogP) is 3.47. The Kier molecular flexibility index (Phi) is 6.97. The summed E-state index contributed by atoms with van der Waals surface area (Å²) in [4.78, 5) is 28.9. The van der Waals surface area contributed by atoms with E-state index in [4.69, 9.17) is 4.74 Å². The number of Topliss-reactive ketones (excluding diaryl/α,β-unsaturated/α-hetero) is 1. The molecule has 1 amide bonds. The van der Waals surface area contributed by atoms with Crippen molar-refractivity contribution in [3.05, 3.63) is 35.2 Å². The fraction of sp³-hybridized carbons (Fsp3) is 0.450. The molecule has 0 fully saturated rings. The summed E-state index contributed by atoms with van der Waals surface area (Å²) in [5.74, 6) is 0.556. The maximum atomic E-state index is 12.6. The summed E-state index contributed by atoms with van der Waals surface area (Å²) in [6.45, 7) is 4.11. The predicted molar refractivity (Wildman–Crippen MR) is 108 cm³/mol. The van der Waals surface area contributed by atoms with E-state index < -0.39 is 0 Å². The first-order valence-electron chi connectivity index (χ1n) is 9.55. The number of ketones is 1. The summed E-state index contributed by atoms with van der Waals surface area (Å²) in [6, 6.07) is 5.08. The molecule has 2 aromatic rings. The molecule has 148 valence electrons. The number of nitrogens with zero attached hydrogens (tertiary/aromatic N) is 3. The Morgan fingerprint density at radius 2 is 1.93 bits per heavy atom. The number of aryl methyl sites for hydroxylation is 2. The maximum absolute atomic E-state index is 12.6. The minimum atomic E-state index is -0.131. The Hall–Kier alpha value is -2.48. The van der Waals surface area contributed by atoms with E-state index in [1.165, 1.54) is 11.8 Å². The molecule has 3 rings (SSSR count). The highest BCUT2D eigenvalue weighted by molar-refractivity contribution is 7.99. The standard InChI is InChI=1S/C20H24N4O3S/c1-3-19(26)21-16-11-13(9-10-18(16)27-4-2)17(25)12-28-20-22-14-7-5-6-8-15(14)23-24-20/h9-11H,3-8,12H2,1-2H3,(H,21,26). The van der Waals surface area contributed by atoms with Gasteiger partial charge in [0.05, 0.1) is 29.4 Å². The number of thioether (sulfide) groups is 1. The van der Waals surface area contributed by atoms with Crippen molar-refractivity contribution >= 4 is 29.1 Å². The van der Waals surface area contributed by atoms with E-state index in [1.54, 1.807) is 25.1 Å². The van der Waals surface area contributed by atoms with Crippen LogP contribution in [-0.4, -0.2) is 39.2 Å². The number of anilines is 1. The highest BCUT2D eigenvalue weighted by Gasteiger charge is 2.16. The van der Waals surface area contributed by atoms with Gasteiger partial charge in [0.2, 0.25) is 11.1 Å². The van der Waals surface area contributed by atoms with Gasteiger partial charge in [-0.15, -0.1) is 5.10 Å². The van der Waals surface area contributed by atoms with Crippen molar-refractivity contribution in [1.82, 2.24) is 15.2 Å². The van der Waals surface area contributed by atoms with Crippen molar-refractivity contribution in [2.24, 2.45) is 0 Å². The minimum absolute atomic E-state index is 0.0682. The lowest BCUT2D eigenvalue weighted by molar-refractivity contribution is -0.115. The van der Waals surface area contributed by atoms with Gasteiger partial charge in [-0.25, -0.2) is 4.98 Å². The van der Waals surface area contributed by atoms with Crippen molar-refractivity contribution in [3.8, 4) is 5.75 Å². The van der Waals surface area contributed by atoms with Gasteiger partial charge in [-0.05, 0) is 50.8 Å². The zero-order chi connectivity index (χ0) is 19.9. The molecule has 8 heteroatoms. The first-order chi connectivity index (χ1) is 13.6. The van der Waals surface area contributed by atoms with E-state index in [9.17, 15) is 9.59 Å². The molecular weight excluding hydrogens is 376 g/mol. The van der Waals surface area contributed by atoms with Crippen LogP contribution in [0.4, 0.5) is 5.69 Å². The van der Waals surface area contributed by atoms with E-state index in [-0.39, 0.29) is 17.4 Å². The Morgan fingerprint density at radius 3 is 2.68 bits per heavy atom. The number of ether oxygens (including phenoxy) is 1. The molecule has 0 aliphatic heterocycles.